The van der Waals surface area contributed by atoms with E-state index in [9.17, 15) is 0 Å². The van der Waals surface area contributed by atoms with Crippen molar-refractivity contribution in [2.45, 2.75) is 6.92 Å². The molecule has 1 aliphatic heterocycles. The van der Waals surface area contributed by atoms with Gasteiger partial charge in [-0.2, -0.15) is 15.1 Å². The van der Waals surface area contributed by atoms with E-state index in [0.29, 0.717) is 30.5 Å². The summed E-state index contributed by atoms with van der Waals surface area (Å²) in [4.78, 5) is 16.7. The Balaban J connectivity index is 1.51. The molecule has 1 aliphatic rings. The number of hydrogen-bond acceptors (Lipinski definition) is 6. The van der Waals surface area contributed by atoms with Crippen LogP contribution in [0.1, 0.15) is 5.56 Å². The molecule has 1 fully saturated rings. The van der Waals surface area contributed by atoms with Crippen molar-refractivity contribution in [3.63, 3.8) is 0 Å². The number of benzene rings is 2. The van der Waals surface area contributed by atoms with Gasteiger partial charge in [-0.05, 0) is 31.2 Å². The minimum absolute atomic E-state index is 0.658. The number of imidazole rings is 1. The molecular formula is C25H23N7O. The van der Waals surface area contributed by atoms with E-state index in [4.69, 9.17) is 19.8 Å². The van der Waals surface area contributed by atoms with Gasteiger partial charge in [0.25, 0.3) is 0 Å². The van der Waals surface area contributed by atoms with Crippen LogP contribution in [0.2, 0.25) is 0 Å². The van der Waals surface area contributed by atoms with Crippen LogP contribution >= 0.6 is 0 Å². The Morgan fingerprint density at radius 3 is 2.58 bits per heavy atom. The van der Waals surface area contributed by atoms with Crippen LogP contribution in [0.5, 0.6) is 0 Å². The minimum Gasteiger partial charge on any atom is -0.378 e. The Labute approximate surface area is 191 Å². The quantitative estimate of drug-likeness (QED) is 0.426. The number of nitrogens with zero attached hydrogens (tertiary/aromatic N) is 7. The summed E-state index contributed by atoms with van der Waals surface area (Å²) in [5.74, 6) is 1.32. The van der Waals surface area contributed by atoms with Crippen molar-refractivity contribution in [3.8, 4) is 22.8 Å². The van der Waals surface area contributed by atoms with Crippen molar-refractivity contribution < 1.29 is 4.74 Å². The highest BCUT2D eigenvalue weighted by Crippen LogP contribution is 2.26. The Morgan fingerprint density at radius 1 is 0.909 bits per heavy atom. The topological polar surface area (TPSA) is 73.9 Å². The van der Waals surface area contributed by atoms with Gasteiger partial charge in [0.05, 0.1) is 18.9 Å². The van der Waals surface area contributed by atoms with Crippen molar-refractivity contribution in [1.82, 2.24) is 29.3 Å². The fourth-order valence-electron chi connectivity index (χ4n) is 4.12. The lowest BCUT2D eigenvalue weighted by Crippen LogP contribution is -2.37. The summed E-state index contributed by atoms with van der Waals surface area (Å²) in [6.07, 6.45) is 3.73. The maximum Gasteiger partial charge on any atom is 0.229 e. The van der Waals surface area contributed by atoms with E-state index in [1.54, 1.807) is 11.0 Å². The highest BCUT2D eigenvalue weighted by Gasteiger charge is 2.21. The summed E-state index contributed by atoms with van der Waals surface area (Å²) in [7, 11) is 0. The van der Waals surface area contributed by atoms with Crippen LogP contribution < -0.4 is 4.90 Å². The van der Waals surface area contributed by atoms with Gasteiger partial charge in [-0.15, -0.1) is 0 Å². The van der Waals surface area contributed by atoms with Crippen molar-refractivity contribution in [3.05, 3.63) is 78.8 Å². The lowest BCUT2D eigenvalue weighted by Gasteiger charge is -2.27. The molecule has 6 rings (SSSR count). The third-order valence-corrected chi connectivity index (χ3v) is 5.81. The van der Waals surface area contributed by atoms with Crippen molar-refractivity contribution >= 4 is 17.1 Å². The summed E-state index contributed by atoms with van der Waals surface area (Å²) < 4.78 is 9.33. The third kappa shape index (κ3) is 3.64. The number of aromatic nitrogens is 6. The van der Waals surface area contributed by atoms with Crippen LogP contribution in [0.25, 0.3) is 33.9 Å². The number of aryl methyl sites for hydroxylation is 1. The second-order valence-corrected chi connectivity index (χ2v) is 8.08. The number of rotatable bonds is 4. The molecule has 4 heterocycles. The number of morpholine rings is 1. The van der Waals surface area contributed by atoms with Crippen LogP contribution in [0.15, 0.2) is 73.2 Å². The fourth-order valence-corrected chi connectivity index (χ4v) is 4.12. The molecule has 0 spiro atoms. The van der Waals surface area contributed by atoms with Gasteiger partial charge < -0.3 is 9.64 Å². The van der Waals surface area contributed by atoms with Gasteiger partial charge in [-0.25, -0.2) is 9.67 Å². The smallest absolute Gasteiger partial charge is 0.229 e. The molecule has 0 aliphatic carbocycles. The van der Waals surface area contributed by atoms with Crippen LogP contribution in [-0.2, 0) is 4.74 Å². The zero-order valence-corrected chi connectivity index (χ0v) is 18.3. The van der Waals surface area contributed by atoms with Crippen LogP contribution in [0.3, 0.4) is 0 Å². The summed E-state index contributed by atoms with van der Waals surface area (Å²) in [5.41, 5.74) is 5.61. The van der Waals surface area contributed by atoms with Gasteiger partial charge in [0.15, 0.2) is 17.0 Å². The number of fused-ring (bicyclic) bond motifs is 1. The van der Waals surface area contributed by atoms with Crippen LogP contribution in [-0.4, -0.2) is 55.6 Å². The molecule has 8 nitrogen and oxygen atoms in total. The van der Waals surface area contributed by atoms with E-state index in [0.717, 1.165) is 35.7 Å². The SMILES string of the molecule is Cc1cccc(-c2ccn(-c3nc(N4CCOCC4)nc4c3ncn4-c3ccccc3)n2)c1. The van der Waals surface area contributed by atoms with E-state index in [2.05, 4.69) is 35.0 Å². The minimum atomic E-state index is 0.658. The van der Waals surface area contributed by atoms with Gasteiger partial charge >= 0.3 is 0 Å². The molecule has 0 saturated carbocycles. The molecule has 2 aromatic carbocycles. The second kappa shape index (κ2) is 8.14. The number of para-hydroxylation sites is 1. The molecule has 0 bridgehead atoms. The van der Waals surface area contributed by atoms with Crippen LogP contribution in [0.4, 0.5) is 5.95 Å². The molecule has 3 aromatic heterocycles. The molecule has 0 atom stereocenters. The van der Waals surface area contributed by atoms with E-state index < -0.39 is 0 Å². The molecular weight excluding hydrogens is 414 g/mol. The van der Waals surface area contributed by atoms with Gasteiger partial charge in [0.1, 0.15) is 6.33 Å². The molecule has 5 aromatic rings. The Kier molecular flexibility index (Phi) is 4.84. The largest absolute Gasteiger partial charge is 0.378 e. The maximum absolute atomic E-state index is 5.53. The fraction of sp³-hybridized carbons (Fsp3) is 0.200. The van der Waals surface area contributed by atoms with Crippen molar-refractivity contribution in [2.75, 3.05) is 31.2 Å². The first-order valence-corrected chi connectivity index (χ1v) is 11.0. The lowest BCUT2D eigenvalue weighted by atomic mass is 10.1. The molecule has 164 valence electrons. The first-order valence-electron chi connectivity index (χ1n) is 11.0. The Hall–Kier alpha value is -4.04. The predicted octanol–water partition coefficient (Wildman–Crippen LogP) is 3.81. The van der Waals surface area contributed by atoms with Crippen molar-refractivity contribution in [2.24, 2.45) is 0 Å². The molecule has 0 N–H and O–H groups in total. The molecule has 0 amide bonds. The number of hydrogen-bond donors (Lipinski definition) is 0. The molecule has 33 heavy (non-hydrogen) atoms. The predicted molar refractivity (Wildman–Crippen MR) is 127 cm³/mol. The highest BCUT2D eigenvalue weighted by atomic mass is 16.5. The summed E-state index contributed by atoms with van der Waals surface area (Å²) in [6, 6.07) is 20.4. The number of ether oxygens (including phenoxy) is 1. The lowest BCUT2D eigenvalue weighted by molar-refractivity contribution is 0.122. The standard InChI is InChI=1S/C25H23N7O/c1-18-6-5-7-19(16-18)21-10-11-32(29-21)24-22-23(27-25(28-24)30-12-14-33-15-13-30)31(17-26-22)20-8-3-2-4-9-20/h2-11,16-17H,12-15H2,1H3. The molecule has 8 heteroatoms. The Morgan fingerprint density at radius 2 is 1.76 bits per heavy atom. The van der Waals surface area contributed by atoms with Gasteiger partial charge in [-0.1, -0.05) is 42.0 Å². The van der Waals surface area contributed by atoms with Gasteiger partial charge in [0.2, 0.25) is 5.95 Å². The number of anilines is 1. The normalized spacial score (nSPS) is 14.2. The maximum atomic E-state index is 5.53. The van der Waals surface area contributed by atoms with E-state index >= 15 is 0 Å². The Bertz CT molecular complexity index is 1420. The van der Waals surface area contributed by atoms with Crippen LogP contribution in [0, 0.1) is 6.92 Å². The summed E-state index contributed by atoms with van der Waals surface area (Å²) >= 11 is 0. The first-order chi connectivity index (χ1) is 16.3. The second-order valence-electron chi connectivity index (χ2n) is 8.08. The van der Waals surface area contributed by atoms with E-state index in [1.165, 1.54) is 5.56 Å². The van der Waals surface area contributed by atoms with Crippen molar-refractivity contribution in [1.29, 1.82) is 0 Å². The van der Waals surface area contributed by atoms with Gasteiger partial charge in [0, 0.05) is 30.5 Å². The highest BCUT2D eigenvalue weighted by molar-refractivity contribution is 5.81. The molecule has 1 saturated heterocycles. The average molecular weight is 438 g/mol. The third-order valence-electron chi connectivity index (χ3n) is 5.81. The van der Waals surface area contributed by atoms with E-state index in [-0.39, 0.29) is 0 Å². The average Bonchev–Trinajstić information content (AvgIpc) is 3.52. The zero-order chi connectivity index (χ0) is 22.2. The van der Waals surface area contributed by atoms with Gasteiger partial charge in [-0.3, -0.25) is 4.57 Å². The monoisotopic (exact) mass is 437 g/mol. The zero-order valence-electron chi connectivity index (χ0n) is 18.3. The first kappa shape index (κ1) is 19.6. The summed E-state index contributed by atoms with van der Waals surface area (Å²) in [6.45, 7) is 4.90. The van der Waals surface area contributed by atoms with E-state index in [1.807, 2.05) is 53.2 Å². The summed E-state index contributed by atoms with van der Waals surface area (Å²) in [5, 5.41) is 4.84. The molecule has 0 unspecified atom stereocenters. The molecule has 0 radical (unpaired) electrons.